The third-order valence-corrected chi connectivity index (χ3v) is 3.53. The molecule has 1 aromatic carbocycles. The van der Waals surface area contributed by atoms with Crippen LogP contribution in [0.4, 0.5) is 4.39 Å². The molecule has 114 valence electrons. The first-order valence-electron chi connectivity index (χ1n) is 6.77. The lowest BCUT2D eigenvalue weighted by Gasteiger charge is -2.39. The molecular weight excluding hydrogens is 291 g/mol. The van der Waals surface area contributed by atoms with Crippen molar-refractivity contribution in [3.63, 3.8) is 0 Å². The number of carbonyl (C=O) groups excluding carboxylic acids is 3. The monoisotopic (exact) mass is 304 g/mol. The molecule has 2 fully saturated rings. The normalized spacial score (nSPS) is 22.9. The molecule has 0 unspecified atom stereocenters. The summed E-state index contributed by atoms with van der Waals surface area (Å²) in [4.78, 5) is 41.0. The van der Waals surface area contributed by atoms with Crippen LogP contribution in [0.1, 0.15) is 16.8 Å². The number of fused-ring (bicyclic) bond motifs is 1. The Bertz CT molecular complexity index is 671. The summed E-state index contributed by atoms with van der Waals surface area (Å²) in [5.74, 6) is -1.64. The van der Waals surface area contributed by atoms with Crippen LogP contribution in [0.25, 0.3) is 0 Å². The van der Waals surface area contributed by atoms with E-state index in [2.05, 4.69) is 15.6 Å². The van der Waals surface area contributed by atoms with Crippen molar-refractivity contribution in [2.75, 3.05) is 13.1 Å². The predicted octanol–water partition coefficient (Wildman–Crippen LogP) is -0.358. The number of rotatable bonds is 1. The molecule has 0 aromatic heterocycles. The van der Waals surface area contributed by atoms with Crippen LogP contribution in [0.15, 0.2) is 29.3 Å². The minimum absolute atomic E-state index is 0.0234. The molecule has 0 spiro atoms. The van der Waals surface area contributed by atoms with Gasteiger partial charge in [-0.15, -0.1) is 0 Å². The summed E-state index contributed by atoms with van der Waals surface area (Å²) in [6.45, 7) is 0.862. The summed E-state index contributed by atoms with van der Waals surface area (Å²) in [7, 11) is 0. The summed E-state index contributed by atoms with van der Waals surface area (Å²) in [6, 6.07) is 4.29. The van der Waals surface area contributed by atoms with Gasteiger partial charge in [-0.2, -0.15) is 4.99 Å². The molecule has 2 aliphatic rings. The first-order valence-corrected chi connectivity index (χ1v) is 6.77. The summed E-state index contributed by atoms with van der Waals surface area (Å²) >= 11 is 0. The second-order valence-corrected chi connectivity index (χ2v) is 5.00. The Hall–Kier alpha value is -2.77. The molecule has 3 rings (SSSR count). The number of carbonyl (C=O) groups is 3. The molecule has 7 nitrogen and oxygen atoms in total. The number of halogens is 1. The molecule has 22 heavy (non-hydrogen) atoms. The number of guanidine groups is 1. The third kappa shape index (κ3) is 2.67. The molecule has 8 heteroatoms. The Morgan fingerprint density at radius 1 is 1.27 bits per heavy atom. The first-order chi connectivity index (χ1) is 10.5. The number of aliphatic imine (C=N–C) groups is 1. The van der Waals surface area contributed by atoms with Gasteiger partial charge in [-0.1, -0.05) is 0 Å². The standard InChI is InChI=1S/C14H13FN4O3/c15-9-3-1-8(2-4-9)12(21)18-14-17-11(20)7-10-13(22)16-5-6-19(10)14/h1-4,10H,5-7H2,(H,16,22)(H,17,18,20,21)/t10-/m0/s1. The van der Waals surface area contributed by atoms with Crippen LogP contribution in [0.3, 0.4) is 0 Å². The molecular formula is C14H13FN4O3. The number of nitrogens with zero attached hydrogens (tertiary/aromatic N) is 2. The molecule has 0 bridgehead atoms. The Morgan fingerprint density at radius 3 is 2.73 bits per heavy atom. The van der Waals surface area contributed by atoms with Crippen molar-refractivity contribution in [1.82, 2.24) is 15.5 Å². The fraction of sp³-hybridized carbons (Fsp3) is 0.286. The van der Waals surface area contributed by atoms with Crippen LogP contribution >= 0.6 is 0 Å². The van der Waals surface area contributed by atoms with Gasteiger partial charge in [0.2, 0.25) is 17.8 Å². The molecule has 2 heterocycles. The van der Waals surface area contributed by atoms with Crippen molar-refractivity contribution >= 4 is 23.7 Å². The van der Waals surface area contributed by atoms with E-state index in [4.69, 9.17) is 0 Å². The van der Waals surface area contributed by atoms with E-state index in [0.29, 0.717) is 13.1 Å². The Balaban J connectivity index is 1.87. The molecule has 0 radical (unpaired) electrons. The molecule has 2 saturated heterocycles. The van der Waals surface area contributed by atoms with Crippen molar-refractivity contribution in [3.8, 4) is 0 Å². The SMILES string of the molecule is O=C1C[C@H]2C(=O)NCCN2C(=NC(=O)c2ccc(F)cc2)N1. The molecule has 3 amide bonds. The Labute approximate surface area is 125 Å². The highest BCUT2D eigenvalue weighted by Crippen LogP contribution is 2.14. The largest absolute Gasteiger partial charge is 0.353 e. The number of nitrogens with one attached hydrogen (secondary N) is 2. The number of hydrogen-bond donors (Lipinski definition) is 2. The number of amides is 3. The van der Waals surface area contributed by atoms with Gasteiger partial charge in [0.25, 0.3) is 5.91 Å². The number of hydrogen-bond acceptors (Lipinski definition) is 3. The highest BCUT2D eigenvalue weighted by atomic mass is 19.1. The van der Waals surface area contributed by atoms with E-state index in [1.165, 1.54) is 12.1 Å². The first kappa shape index (κ1) is 14.2. The van der Waals surface area contributed by atoms with Gasteiger partial charge in [-0.25, -0.2) is 4.39 Å². The van der Waals surface area contributed by atoms with Crippen LogP contribution in [-0.2, 0) is 9.59 Å². The van der Waals surface area contributed by atoms with Crippen LogP contribution in [0, 0.1) is 5.82 Å². The van der Waals surface area contributed by atoms with Crippen LogP contribution in [0.5, 0.6) is 0 Å². The minimum atomic E-state index is -0.651. The molecule has 0 saturated carbocycles. The van der Waals surface area contributed by atoms with Gasteiger partial charge < -0.3 is 10.2 Å². The molecule has 2 N–H and O–H groups in total. The highest BCUT2D eigenvalue weighted by molar-refractivity contribution is 6.10. The Morgan fingerprint density at radius 2 is 2.00 bits per heavy atom. The average molecular weight is 304 g/mol. The van der Waals surface area contributed by atoms with Gasteiger partial charge in [0.15, 0.2) is 0 Å². The average Bonchev–Trinajstić information content (AvgIpc) is 2.49. The fourth-order valence-electron chi connectivity index (χ4n) is 2.44. The van der Waals surface area contributed by atoms with Crippen LogP contribution < -0.4 is 10.6 Å². The zero-order chi connectivity index (χ0) is 15.7. The maximum absolute atomic E-state index is 12.9. The van der Waals surface area contributed by atoms with Crippen molar-refractivity contribution in [2.24, 2.45) is 4.99 Å². The smallest absolute Gasteiger partial charge is 0.280 e. The molecule has 2 aliphatic heterocycles. The van der Waals surface area contributed by atoms with Crippen LogP contribution in [0.2, 0.25) is 0 Å². The zero-order valence-electron chi connectivity index (χ0n) is 11.5. The maximum atomic E-state index is 12.9. The van der Waals surface area contributed by atoms with Crippen molar-refractivity contribution in [3.05, 3.63) is 35.6 Å². The van der Waals surface area contributed by atoms with E-state index in [1.807, 2.05) is 0 Å². The minimum Gasteiger partial charge on any atom is -0.353 e. The summed E-state index contributed by atoms with van der Waals surface area (Å²) in [5.41, 5.74) is 0.201. The second kappa shape index (κ2) is 5.55. The summed E-state index contributed by atoms with van der Waals surface area (Å²) < 4.78 is 12.9. The van der Waals surface area contributed by atoms with E-state index in [1.54, 1.807) is 4.90 Å². The Kier molecular flexibility index (Phi) is 3.58. The third-order valence-electron chi connectivity index (χ3n) is 3.53. The van der Waals surface area contributed by atoms with Crippen molar-refractivity contribution in [2.45, 2.75) is 12.5 Å². The zero-order valence-corrected chi connectivity index (χ0v) is 11.5. The van der Waals surface area contributed by atoms with Gasteiger partial charge >= 0.3 is 0 Å². The lowest BCUT2D eigenvalue weighted by molar-refractivity contribution is -0.133. The van der Waals surface area contributed by atoms with E-state index in [0.717, 1.165) is 12.1 Å². The van der Waals surface area contributed by atoms with Gasteiger partial charge in [0, 0.05) is 18.7 Å². The van der Waals surface area contributed by atoms with Gasteiger partial charge in [0.05, 0.1) is 6.42 Å². The van der Waals surface area contributed by atoms with Crippen molar-refractivity contribution < 1.29 is 18.8 Å². The van der Waals surface area contributed by atoms with Gasteiger partial charge in [-0.05, 0) is 24.3 Å². The highest BCUT2D eigenvalue weighted by Gasteiger charge is 2.38. The van der Waals surface area contributed by atoms with Crippen molar-refractivity contribution in [1.29, 1.82) is 0 Å². The molecule has 0 aliphatic carbocycles. The maximum Gasteiger partial charge on any atom is 0.280 e. The lowest BCUT2D eigenvalue weighted by Crippen LogP contribution is -2.65. The van der Waals surface area contributed by atoms with Gasteiger partial charge in [0.1, 0.15) is 11.9 Å². The number of benzene rings is 1. The quantitative estimate of drug-likeness (QED) is 0.741. The summed E-state index contributed by atoms with van der Waals surface area (Å²) in [6.07, 6.45) is 0.0234. The predicted molar refractivity (Wildman–Crippen MR) is 74.4 cm³/mol. The summed E-state index contributed by atoms with van der Waals surface area (Å²) in [5, 5.41) is 5.18. The molecule has 1 aromatic rings. The number of piperazine rings is 1. The second-order valence-electron chi connectivity index (χ2n) is 5.00. The van der Waals surface area contributed by atoms with E-state index in [9.17, 15) is 18.8 Å². The van der Waals surface area contributed by atoms with E-state index < -0.39 is 17.8 Å². The molecule has 1 atom stereocenters. The van der Waals surface area contributed by atoms with E-state index >= 15 is 0 Å². The van der Waals surface area contributed by atoms with Gasteiger partial charge in [-0.3, -0.25) is 19.7 Å². The topological polar surface area (TPSA) is 90.9 Å². The van der Waals surface area contributed by atoms with E-state index in [-0.39, 0.29) is 29.8 Å². The lowest BCUT2D eigenvalue weighted by atomic mass is 10.1. The fourth-order valence-corrected chi connectivity index (χ4v) is 2.44. The van der Waals surface area contributed by atoms with Crippen LogP contribution in [-0.4, -0.2) is 47.7 Å².